The zero-order valence-corrected chi connectivity index (χ0v) is 15.6. The van der Waals surface area contributed by atoms with E-state index in [1.165, 1.54) is 36.1 Å². The number of piperidine rings is 1. The van der Waals surface area contributed by atoms with Crippen molar-refractivity contribution >= 4 is 17.7 Å². The molecule has 1 N–H and O–H groups in total. The summed E-state index contributed by atoms with van der Waals surface area (Å²) < 4.78 is 56.6. The van der Waals surface area contributed by atoms with Crippen LogP contribution in [0.5, 0.6) is 0 Å². The minimum absolute atomic E-state index is 0.0200. The minimum Gasteiger partial charge on any atom is -0.338 e. The van der Waals surface area contributed by atoms with Crippen LogP contribution >= 0.6 is 0 Å². The predicted octanol–water partition coefficient (Wildman–Crippen LogP) is 3.89. The molecular weight excluding hydrogens is 394 g/mol. The molecule has 6 nitrogen and oxygen atoms in total. The molecule has 2 amide bonds. The van der Waals surface area contributed by atoms with Gasteiger partial charge in [0.2, 0.25) is 11.8 Å². The van der Waals surface area contributed by atoms with Crippen molar-refractivity contribution in [3.63, 3.8) is 0 Å². The highest BCUT2D eigenvalue weighted by Gasteiger charge is 2.39. The molecular formula is C19H19F4N3O3. The van der Waals surface area contributed by atoms with Crippen molar-refractivity contribution in [1.29, 1.82) is 0 Å². The first-order valence-corrected chi connectivity index (χ1v) is 9.12. The molecule has 10 heteroatoms. The number of amides is 2. The Hall–Kier alpha value is -2.91. The van der Waals surface area contributed by atoms with Gasteiger partial charge in [0.15, 0.2) is 5.69 Å². The zero-order valence-electron chi connectivity index (χ0n) is 15.6. The van der Waals surface area contributed by atoms with E-state index >= 15 is 0 Å². The quantitative estimate of drug-likeness (QED) is 0.772. The van der Waals surface area contributed by atoms with E-state index in [1.807, 2.05) is 0 Å². The van der Waals surface area contributed by atoms with Crippen molar-refractivity contribution < 1.29 is 31.7 Å². The first-order valence-electron chi connectivity index (χ1n) is 9.12. The Labute approximate surface area is 163 Å². The highest BCUT2D eigenvalue weighted by atomic mass is 19.4. The first-order chi connectivity index (χ1) is 13.7. The van der Waals surface area contributed by atoms with Crippen LogP contribution in [0, 0.1) is 11.7 Å². The number of nitrogens with one attached hydrogen (secondary N) is 1. The van der Waals surface area contributed by atoms with Gasteiger partial charge in [-0.1, -0.05) is 12.1 Å². The molecule has 1 aromatic heterocycles. The van der Waals surface area contributed by atoms with Crippen LogP contribution in [-0.4, -0.2) is 35.0 Å². The maximum absolute atomic E-state index is 13.0. The molecule has 2 heterocycles. The van der Waals surface area contributed by atoms with Gasteiger partial charge in [0, 0.05) is 24.2 Å². The number of nitrogens with zero attached hydrogens (tertiary/aromatic N) is 2. The molecule has 156 valence electrons. The highest BCUT2D eigenvalue weighted by molar-refractivity contribution is 5.96. The molecule has 0 bridgehead atoms. The van der Waals surface area contributed by atoms with Gasteiger partial charge in [0.25, 0.3) is 5.91 Å². The second-order valence-electron chi connectivity index (χ2n) is 6.78. The van der Waals surface area contributed by atoms with Crippen molar-refractivity contribution in [1.82, 2.24) is 10.1 Å². The molecule has 0 aliphatic carbocycles. The second-order valence-corrected chi connectivity index (χ2v) is 6.78. The Kier molecular flexibility index (Phi) is 5.90. The summed E-state index contributed by atoms with van der Waals surface area (Å²) in [5.41, 5.74) is -1.08. The third kappa shape index (κ3) is 4.57. The number of hydrogen-bond acceptors (Lipinski definition) is 4. The lowest BCUT2D eigenvalue weighted by molar-refractivity contribution is -0.143. The van der Waals surface area contributed by atoms with Gasteiger partial charge < -0.3 is 9.42 Å². The van der Waals surface area contributed by atoms with Crippen molar-refractivity contribution in [2.24, 2.45) is 5.92 Å². The molecule has 1 aliphatic rings. The number of likely N-dealkylation sites (tertiary alicyclic amines) is 1. The van der Waals surface area contributed by atoms with Gasteiger partial charge >= 0.3 is 6.18 Å². The number of halogens is 4. The average Bonchev–Trinajstić information content (AvgIpc) is 3.11. The Morgan fingerprint density at radius 1 is 1.28 bits per heavy atom. The fourth-order valence-corrected chi connectivity index (χ4v) is 3.32. The molecule has 2 aromatic rings. The van der Waals surface area contributed by atoms with Crippen molar-refractivity contribution in [2.45, 2.75) is 32.4 Å². The van der Waals surface area contributed by atoms with Crippen molar-refractivity contribution in [3.8, 4) is 0 Å². The van der Waals surface area contributed by atoms with Crippen molar-refractivity contribution in [2.75, 3.05) is 18.4 Å². The molecule has 3 rings (SSSR count). The number of anilines is 1. The summed E-state index contributed by atoms with van der Waals surface area (Å²) in [6.45, 7) is 2.03. The van der Waals surface area contributed by atoms with Crippen LogP contribution in [0.1, 0.15) is 41.4 Å². The Balaban J connectivity index is 1.69. The number of carbonyl (C=O) groups is 2. The van der Waals surface area contributed by atoms with Gasteiger partial charge in [-0.15, -0.1) is 0 Å². The second kappa shape index (κ2) is 8.22. The Bertz CT molecular complexity index is 893. The average molecular weight is 413 g/mol. The molecule has 1 saturated heterocycles. The lowest BCUT2D eigenvalue weighted by Crippen LogP contribution is -2.43. The Morgan fingerprint density at radius 3 is 2.59 bits per heavy atom. The van der Waals surface area contributed by atoms with Crippen LogP contribution in [0.3, 0.4) is 0 Å². The molecule has 1 fully saturated rings. The fraction of sp³-hybridized carbons (Fsp3) is 0.421. The standard InChI is InChI=1S/C19H19F4N3O3/c1-2-14-15(19(21,22)23)25-29-17(14)24-16(27)12-4-3-9-26(10-12)18(28)11-5-7-13(20)8-6-11/h5-8,12H,2-4,9-10H2,1H3,(H,24,27). The third-order valence-corrected chi connectivity index (χ3v) is 4.82. The van der Waals surface area contributed by atoms with Gasteiger partial charge in [-0.25, -0.2) is 4.39 Å². The third-order valence-electron chi connectivity index (χ3n) is 4.82. The summed E-state index contributed by atoms with van der Waals surface area (Å²) in [4.78, 5) is 26.6. The fourth-order valence-electron chi connectivity index (χ4n) is 3.32. The normalized spacial score (nSPS) is 17.3. The zero-order chi connectivity index (χ0) is 21.2. The van der Waals surface area contributed by atoms with E-state index in [4.69, 9.17) is 4.52 Å². The van der Waals surface area contributed by atoms with Crippen LogP contribution in [0.2, 0.25) is 0 Å². The molecule has 0 saturated carbocycles. The van der Waals surface area contributed by atoms with E-state index in [9.17, 15) is 27.2 Å². The minimum atomic E-state index is -4.68. The van der Waals surface area contributed by atoms with Crippen molar-refractivity contribution in [3.05, 3.63) is 46.9 Å². The van der Waals surface area contributed by atoms with Crippen LogP contribution in [0.15, 0.2) is 28.8 Å². The molecule has 29 heavy (non-hydrogen) atoms. The summed E-state index contributed by atoms with van der Waals surface area (Å²) >= 11 is 0. The molecule has 0 radical (unpaired) electrons. The number of rotatable bonds is 4. The number of benzene rings is 1. The smallest absolute Gasteiger partial charge is 0.338 e. The first kappa shape index (κ1) is 20.8. The summed E-state index contributed by atoms with van der Waals surface area (Å²) in [6.07, 6.45) is -3.68. The molecule has 1 aromatic carbocycles. The van der Waals surface area contributed by atoms with Crippen LogP contribution in [0.25, 0.3) is 0 Å². The number of alkyl halides is 3. The van der Waals surface area contributed by atoms with Crippen LogP contribution in [-0.2, 0) is 17.4 Å². The molecule has 1 unspecified atom stereocenters. The van der Waals surface area contributed by atoms with E-state index in [0.29, 0.717) is 24.9 Å². The summed E-state index contributed by atoms with van der Waals surface area (Å²) in [7, 11) is 0. The van der Waals surface area contributed by atoms with E-state index in [-0.39, 0.29) is 30.3 Å². The number of aromatic nitrogens is 1. The van der Waals surface area contributed by atoms with Crippen LogP contribution in [0.4, 0.5) is 23.4 Å². The summed E-state index contributed by atoms with van der Waals surface area (Å²) in [6, 6.07) is 5.08. The van der Waals surface area contributed by atoms with Crippen LogP contribution < -0.4 is 5.32 Å². The molecule has 1 aliphatic heterocycles. The van der Waals surface area contributed by atoms with Gasteiger partial charge in [0.05, 0.1) is 5.92 Å². The highest BCUT2D eigenvalue weighted by Crippen LogP contribution is 2.35. The maximum atomic E-state index is 13.0. The largest absolute Gasteiger partial charge is 0.437 e. The maximum Gasteiger partial charge on any atom is 0.437 e. The topological polar surface area (TPSA) is 75.4 Å². The molecule has 1 atom stereocenters. The lowest BCUT2D eigenvalue weighted by Gasteiger charge is -2.32. The summed E-state index contributed by atoms with van der Waals surface area (Å²) in [5.74, 6) is -2.28. The van der Waals surface area contributed by atoms with Gasteiger partial charge in [-0.2, -0.15) is 13.2 Å². The lowest BCUT2D eigenvalue weighted by atomic mass is 9.96. The van der Waals surface area contributed by atoms with E-state index in [0.717, 1.165) is 0 Å². The summed E-state index contributed by atoms with van der Waals surface area (Å²) in [5, 5.41) is 5.41. The van der Waals surface area contributed by atoms with Gasteiger partial charge in [-0.3, -0.25) is 14.9 Å². The van der Waals surface area contributed by atoms with Gasteiger partial charge in [-0.05, 0) is 43.5 Å². The van der Waals surface area contributed by atoms with Gasteiger partial charge in [0.1, 0.15) is 5.82 Å². The van der Waals surface area contributed by atoms with E-state index in [1.54, 1.807) is 0 Å². The molecule has 0 spiro atoms. The number of hydrogen-bond donors (Lipinski definition) is 1. The van der Waals surface area contributed by atoms with E-state index in [2.05, 4.69) is 10.5 Å². The monoisotopic (exact) mass is 413 g/mol. The van der Waals surface area contributed by atoms with E-state index < -0.39 is 29.5 Å². The Morgan fingerprint density at radius 2 is 1.97 bits per heavy atom. The predicted molar refractivity (Wildman–Crippen MR) is 94.5 cm³/mol. The SMILES string of the molecule is CCc1c(C(F)(F)F)noc1NC(=O)C1CCCN(C(=O)c2ccc(F)cc2)C1. The number of carbonyl (C=O) groups excluding carboxylic acids is 2.